The molecule has 0 bridgehead atoms. The molecular weight excluding hydrogens is 419 g/mol. The van der Waals surface area contributed by atoms with E-state index in [1.165, 1.54) is 13.0 Å². The summed E-state index contributed by atoms with van der Waals surface area (Å²) in [5.74, 6) is 0. The quantitative estimate of drug-likeness (QED) is 0.629. The number of nitrogens with zero attached hydrogens (tertiary/aromatic N) is 1. The maximum atomic E-state index is 12.5. The van der Waals surface area contributed by atoms with Gasteiger partial charge in [0.2, 0.25) is 0 Å². The Bertz CT molecular complexity index is 524. The minimum atomic E-state index is -4.33. The first kappa shape index (κ1) is 14.9. The maximum absolute atomic E-state index is 12.5. The van der Waals surface area contributed by atoms with Gasteiger partial charge in [0.1, 0.15) is 0 Å². The topological polar surface area (TPSA) is 12.9 Å². The van der Waals surface area contributed by atoms with Crippen molar-refractivity contribution in [1.29, 1.82) is 0 Å². The summed E-state index contributed by atoms with van der Waals surface area (Å²) in [6, 6.07) is 10.3. The molecule has 97 valence electrons. The maximum Gasteiger partial charge on any atom is 0.381 e. The largest absolute Gasteiger partial charge is 0.381 e. The van der Waals surface area contributed by atoms with E-state index in [0.717, 1.165) is 6.07 Å². The summed E-state index contributed by atoms with van der Waals surface area (Å²) in [4.78, 5) is 4.07. The Morgan fingerprint density at radius 3 is 2.44 bits per heavy atom. The number of benzene rings is 1. The Hall–Kier alpha value is -1.19. The predicted octanol–water partition coefficient (Wildman–Crippen LogP) is 3.87. The SMILES string of the molecule is Cc1cc(-c2ccccn2)[c-]cc1C(F)(F)F.[Ir]. The van der Waals surface area contributed by atoms with Crippen molar-refractivity contribution in [3.05, 3.63) is 53.7 Å². The summed E-state index contributed by atoms with van der Waals surface area (Å²) in [6.07, 6.45) is -2.74. The molecular formula is C13H9F3IrN-. The van der Waals surface area contributed by atoms with E-state index in [-0.39, 0.29) is 25.7 Å². The monoisotopic (exact) mass is 429 g/mol. The summed E-state index contributed by atoms with van der Waals surface area (Å²) in [5.41, 5.74) is 0.703. The standard InChI is InChI=1S/C13H9F3N.Ir/c1-9-8-10(12-4-2-3-7-17-12)5-6-11(9)13(14,15)16;/h2-4,6-8H,1H3;/q-1;. The first-order valence-corrected chi connectivity index (χ1v) is 4.99. The van der Waals surface area contributed by atoms with Crippen LogP contribution in [0.4, 0.5) is 13.2 Å². The number of pyridine rings is 1. The number of rotatable bonds is 1. The van der Waals surface area contributed by atoms with Gasteiger partial charge in [-0.3, -0.25) is 0 Å². The molecule has 0 amide bonds. The van der Waals surface area contributed by atoms with Gasteiger partial charge < -0.3 is 4.98 Å². The normalized spacial score (nSPS) is 10.9. The molecule has 2 aromatic rings. The number of aryl methyl sites for hydroxylation is 1. The average molecular weight is 428 g/mol. The molecule has 0 aliphatic heterocycles. The van der Waals surface area contributed by atoms with E-state index in [1.54, 1.807) is 24.4 Å². The van der Waals surface area contributed by atoms with Crippen molar-refractivity contribution < 1.29 is 33.3 Å². The van der Waals surface area contributed by atoms with Crippen LogP contribution in [0.2, 0.25) is 0 Å². The molecule has 2 rings (SSSR count). The molecule has 1 nitrogen and oxygen atoms in total. The van der Waals surface area contributed by atoms with Crippen molar-refractivity contribution in [3.63, 3.8) is 0 Å². The number of aromatic nitrogens is 1. The fourth-order valence-electron chi connectivity index (χ4n) is 1.58. The van der Waals surface area contributed by atoms with Crippen LogP contribution in [0.5, 0.6) is 0 Å². The van der Waals surface area contributed by atoms with Gasteiger partial charge in [0.05, 0.1) is 0 Å². The molecule has 0 unspecified atom stereocenters. The molecule has 0 N–H and O–H groups in total. The Balaban J connectivity index is 0.00000162. The Morgan fingerprint density at radius 1 is 1.22 bits per heavy atom. The molecule has 0 fully saturated rings. The second-order valence-electron chi connectivity index (χ2n) is 3.66. The third-order valence-corrected chi connectivity index (χ3v) is 2.40. The fraction of sp³-hybridized carbons (Fsp3) is 0.154. The van der Waals surface area contributed by atoms with E-state index >= 15 is 0 Å². The van der Waals surface area contributed by atoms with E-state index < -0.39 is 11.7 Å². The van der Waals surface area contributed by atoms with Crippen molar-refractivity contribution in [3.8, 4) is 11.3 Å². The van der Waals surface area contributed by atoms with Gasteiger partial charge in [-0.15, -0.1) is 29.3 Å². The first-order valence-electron chi connectivity index (χ1n) is 4.99. The summed E-state index contributed by atoms with van der Waals surface area (Å²) in [6.45, 7) is 1.43. The minimum absolute atomic E-state index is 0. The molecule has 1 heterocycles. The van der Waals surface area contributed by atoms with Gasteiger partial charge in [0, 0.05) is 26.3 Å². The minimum Gasteiger partial charge on any atom is -0.305 e. The van der Waals surface area contributed by atoms with Gasteiger partial charge in [0.25, 0.3) is 0 Å². The third kappa shape index (κ3) is 3.18. The zero-order valence-corrected chi connectivity index (χ0v) is 11.8. The van der Waals surface area contributed by atoms with Gasteiger partial charge in [-0.1, -0.05) is 19.1 Å². The van der Waals surface area contributed by atoms with E-state index in [4.69, 9.17) is 0 Å². The van der Waals surface area contributed by atoms with E-state index in [0.29, 0.717) is 11.3 Å². The number of alkyl halides is 3. The van der Waals surface area contributed by atoms with Crippen LogP contribution in [-0.2, 0) is 26.3 Å². The van der Waals surface area contributed by atoms with E-state index in [2.05, 4.69) is 11.1 Å². The second kappa shape index (κ2) is 5.63. The van der Waals surface area contributed by atoms with Crippen LogP contribution in [0.1, 0.15) is 11.1 Å². The molecule has 1 aromatic heterocycles. The average Bonchev–Trinajstić information content (AvgIpc) is 2.28. The predicted molar refractivity (Wildman–Crippen MR) is 58.2 cm³/mol. The van der Waals surface area contributed by atoms with Crippen LogP contribution in [-0.4, -0.2) is 4.98 Å². The van der Waals surface area contributed by atoms with Crippen molar-refractivity contribution in [2.45, 2.75) is 13.1 Å². The van der Waals surface area contributed by atoms with Gasteiger partial charge in [-0.2, -0.15) is 13.2 Å². The molecule has 1 aromatic carbocycles. The molecule has 18 heavy (non-hydrogen) atoms. The fourth-order valence-corrected chi connectivity index (χ4v) is 1.58. The summed E-state index contributed by atoms with van der Waals surface area (Å²) in [5, 5.41) is 0. The Kier molecular flexibility index (Phi) is 4.65. The molecule has 0 saturated carbocycles. The zero-order chi connectivity index (χ0) is 12.5. The summed E-state index contributed by atoms with van der Waals surface area (Å²) < 4.78 is 37.6. The number of halogens is 3. The number of hydrogen-bond donors (Lipinski definition) is 0. The van der Waals surface area contributed by atoms with Gasteiger partial charge in [-0.25, -0.2) is 0 Å². The van der Waals surface area contributed by atoms with E-state index in [9.17, 15) is 13.2 Å². The molecule has 0 aliphatic rings. The molecule has 5 heteroatoms. The van der Waals surface area contributed by atoms with Crippen molar-refractivity contribution in [1.82, 2.24) is 4.98 Å². The Labute approximate surface area is 116 Å². The molecule has 0 spiro atoms. The summed E-state index contributed by atoms with van der Waals surface area (Å²) >= 11 is 0. The second-order valence-corrected chi connectivity index (χ2v) is 3.66. The van der Waals surface area contributed by atoms with Crippen LogP contribution in [0.15, 0.2) is 36.5 Å². The molecule has 0 atom stereocenters. The van der Waals surface area contributed by atoms with Gasteiger partial charge in [-0.05, 0) is 17.3 Å². The van der Waals surface area contributed by atoms with Crippen LogP contribution >= 0.6 is 0 Å². The molecule has 0 aliphatic carbocycles. The summed E-state index contributed by atoms with van der Waals surface area (Å²) in [7, 11) is 0. The van der Waals surface area contributed by atoms with Crippen molar-refractivity contribution in [2.24, 2.45) is 0 Å². The first-order chi connectivity index (χ1) is 7.98. The van der Waals surface area contributed by atoms with Crippen molar-refractivity contribution >= 4 is 0 Å². The zero-order valence-electron chi connectivity index (χ0n) is 9.38. The van der Waals surface area contributed by atoms with Gasteiger partial charge in [0.15, 0.2) is 0 Å². The Morgan fingerprint density at radius 2 is 1.94 bits per heavy atom. The number of hydrogen-bond acceptors (Lipinski definition) is 1. The van der Waals surface area contributed by atoms with E-state index in [1.807, 2.05) is 0 Å². The third-order valence-electron chi connectivity index (χ3n) is 2.40. The molecule has 0 saturated heterocycles. The van der Waals surface area contributed by atoms with Crippen molar-refractivity contribution in [2.75, 3.05) is 0 Å². The van der Waals surface area contributed by atoms with Crippen LogP contribution < -0.4 is 0 Å². The van der Waals surface area contributed by atoms with Crippen LogP contribution in [0, 0.1) is 13.0 Å². The smallest absolute Gasteiger partial charge is 0.305 e. The van der Waals surface area contributed by atoms with Crippen LogP contribution in [0.3, 0.4) is 0 Å². The van der Waals surface area contributed by atoms with Gasteiger partial charge >= 0.3 is 6.18 Å². The van der Waals surface area contributed by atoms with Crippen LogP contribution in [0.25, 0.3) is 11.3 Å². The molecule has 1 radical (unpaired) electrons.